The number of carbonyl (C=O) groups excluding carboxylic acids is 1. The molecule has 19 heavy (non-hydrogen) atoms. The third-order valence-electron chi connectivity index (χ3n) is 2.42. The summed E-state index contributed by atoms with van der Waals surface area (Å²) < 4.78 is 40.8. The second kappa shape index (κ2) is 7.10. The number of rotatable bonds is 6. The van der Waals surface area contributed by atoms with Gasteiger partial charge in [0.2, 0.25) is 5.91 Å². The number of halogens is 3. The average Bonchev–Trinajstić information content (AvgIpc) is 2.35. The number of nitrogens with one attached hydrogen (secondary N) is 1. The van der Waals surface area contributed by atoms with Crippen LogP contribution in [0.1, 0.15) is 17.5 Å². The zero-order chi connectivity index (χ0) is 14.3. The van der Waals surface area contributed by atoms with Crippen molar-refractivity contribution in [2.24, 2.45) is 5.84 Å². The van der Waals surface area contributed by atoms with Crippen molar-refractivity contribution in [1.82, 2.24) is 5.43 Å². The van der Waals surface area contributed by atoms with Crippen molar-refractivity contribution in [3.8, 4) is 0 Å². The number of alkyl halides is 3. The van der Waals surface area contributed by atoms with Crippen LogP contribution in [0.5, 0.6) is 0 Å². The van der Waals surface area contributed by atoms with E-state index < -0.39 is 19.2 Å². The van der Waals surface area contributed by atoms with Crippen LogP contribution in [0, 0.1) is 0 Å². The van der Waals surface area contributed by atoms with E-state index in [1.54, 1.807) is 24.3 Å². The number of ether oxygens (including phenoxy) is 1. The molecule has 0 spiro atoms. The van der Waals surface area contributed by atoms with Crippen molar-refractivity contribution in [3.63, 3.8) is 0 Å². The summed E-state index contributed by atoms with van der Waals surface area (Å²) in [4.78, 5) is 11.2. The summed E-state index contributed by atoms with van der Waals surface area (Å²) in [5.74, 6) is 4.61. The Kier molecular flexibility index (Phi) is 5.78. The van der Waals surface area contributed by atoms with Crippen LogP contribution in [0.15, 0.2) is 24.3 Å². The Labute approximate surface area is 108 Å². The Hall–Kier alpha value is -1.60. The summed E-state index contributed by atoms with van der Waals surface area (Å²) in [6.45, 7) is -0.370. The lowest BCUT2D eigenvalue weighted by Crippen LogP contribution is -2.31. The summed E-state index contributed by atoms with van der Waals surface area (Å²) in [5.41, 5.74) is 3.35. The molecule has 0 aliphatic rings. The van der Waals surface area contributed by atoms with Gasteiger partial charge in [-0.1, -0.05) is 24.3 Å². The lowest BCUT2D eigenvalue weighted by atomic mass is 10.1. The Balaban J connectivity index is 2.51. The number of amides is 1. The molecule has 1 amide bonds. The monoisotopic (exact) mass is 276 g/mol. The Morgan fingerprint density at radius 2 is 1.89 bits per heavy atom. The molecule has 0 heterocycles. The maximum absolute atomic E-state index is 11.9. The zero-order valence-electron chi connectivity index (χ0n) is 10.2. The van der Waals surface area contributed by atoms with Gasteiger partial charge in [0.25, 0.3) is 0 Å². The van der Waals surface area contributed by atoms with Crippen LogP contribution in [0.25, 0.3) is 0 Å². The van der Waals surface area contributed by atoms with E-state index in [4.69, 9.17) is 10.6 Å². The highest BCUT2D eigenvalue weighted by Gasteiger charge is 2.26. The molecule has 106 valence electrons. The summed E-state index contributed by atoms with van der Waals surface area (Å²) in [7, 11) is 0. The molecule has 0 aromatic heterocycles. The van der Waals surface area contributed by atoms with Gasteiger partial charge < -0.3 is 4.74 Å². The van der Waals surface area contributed by atoms with Gasteiger partial charge in [-0.05, 0) is 11.1 Å². The van der Waals surface area contributed by atoms with Crippen LogP contribution < -0.4 is 11.3 Å². The third kappa shape index (κ3) is 6.21. The standard InChI is InChI=1S/C12H15F3N2O2/c13-12(14,15)5-6-19-8-10-4-2-1-3-9(10)7-11(18)17-16/h1-4H,5-8,16H2,(H,17,18). The second-order valence-electron chi connectivity index (χ2n) is 3.93. The van der Waals surface area contributed by atoms with Gasteiger partial charge in [0, 0.05) is 0 Å². The molecule has 0 atom stereocenters. The predicted molar refractivity (Wildman–Crippen MR) is 62.8 cm³/mol. The van der Waals surface area contributed by atoms with Crippen LogP contribution >= 0.6 is 0 Å². The molecule has 1 aromatic rings. The Morgan fingerprint density at radius 1 is 1.26 bits per heavy atom. The molecule has 3 N–H and O–H groups in total. The minimum Gasteiger partial charge on any atom is -0.376 e. The van der Waals surface area contributed by atoms with E-state index in [1.807, 2.05) is 5.43 Å². The molecule has 4 nitrogen and oxygen atoms in total. The molecule has 0 radical (unpaired) electrons. The third-order valence-corrected chi connectivity index (χ3v) is 2.42. The number of carbonyl (C=O) groups is 1. The van der Waals surface area contributed by atoms with Crippen LogP contribution in [0.2, 0.25) is 0 Å². The van der Waals surface area contributed by atoms with Crippen LogP contribution in [-0.2, 0) is 22.6 Å². The van der Waals surface area contributed by atoms with Crippen molar-refractivity contribution in [3.05, 3.63) is 35.4 Å². The molecule has 1 aromatic carbocycles. The summed E-state index contributed by atoms with van der Waals surface area (Å²) >= 11 is 0. The molecule has 0 saturated heterocycles. The first-order valence-corrected chi connectivity index (χ1v) is 5.63. The largest absolute Gasteiger partial charge is 0.391 e. The maximum Gasteiger partial charge on any atom is 0.391 e. The molecule has 0 unspecified atom stereocenters. The maximum atomic E-state index is 11.9. The van der Waals surface area contributed by atoms with Gasteiger partial charge in [-0.3, -0.25) is 10.2 Å². The van der Waals surface area contributed by atoms with E-state index in [1.165, 1.54) is 0 Å². The van der Waals surface area contributed by atoms with E-state index in [0.29, 0.717) is 11.1 Å². The van der Waals surface area contributed by atoms with E-state index in [2.05, 4.69) is 0 Å². The van der Waals surface area contributed by atoms with Gasteiger partial charge in [0.05, 0.1) is 26.1 Å². The lowest BCUT2D eigenvalue weighted by molar-refractivity contribution is -0.146. The smallest absolute Gasteiger partial charge is 0.376 e. The number of hydrogen-bond donors (Lipinski definition) is 2. The first kappa shape index (κ1) is 15.5. The topological polar surface area (TPSA) is 64.3 Å². The zero-order valence-corrected chi connectivity index (χ0v) is 10.2. The lowest BCUT2D eigenvalue weighted by Gasteiger charge is -2.10. The van der Waals surface area contributed by atoms with Gasteiger partial charge in [0.15, 0.2) is 0 Å². The molecule has 0 saturated carbocycles. The van der Waals surface area contributed by atoms with Gasteiger partial charge in [-0.25, -0.2) is 5.84 Å². The SMILES string of the molecule is NNC(=O)Cc1ccccc1COCCC(F)(F)F. The van der Waals surface area contributed by atoms with Crippen molar-refractivity contribution < 1.29 is 22.7 Å². The quantitative estimate of drug-likeness (QED) is 0.360. The van der Waals surface area contributed by atoms with Crippen molar-refractivity contribution >= 4 is 5.91 Å². The summed E-state index contributed by atoms with van der Waals surface area (Å²) in [5, 5.41) is 0. The summed E-state index contributed by atoms with van der Waals surface area (Å²) in [6.07, 6.45) is -5.15. The van der Waals surface area contributed by atoms with E-state index in [0.717, 1.165) is 0 Å². The molecule has 0 bridgehead atoms. The minimum absolute atomic E-state index is 0.0318. The molecular formula is C12H15F3N2O2. The first-order valence-electron chi connectivity index (χ1n) is 5.63. The molecule has 0 aliphatic carbocycles. The number of nitrogens with two attached hydrogens (primary N) is 1. The average molecular weight is 276 g/mol. The molecule has 0 fully saturated rings. The van der Waals surface area contributed by atoms with Crippen molar-refractivity contribution in [2.45, 2.75) is 25.6 Å². The molecule has 0 aliphatic heterocycles. The van der Waals surface area contributed by atoms with Gasteiger partial charge in [-0.2, -0.15) is 13.2 Å². The second-order valence-corrected chi connectivity index (χ2v) is 3.93. The van der Waals surface area contributed by atoms with Crippen molar-refractivity contribution in [1.29, 1.82) is 0 Å². The fourth-order valence-electron chi connectivity index (χ4n) is 1.46. The highest BCUT2D eigenvalue weighted by molar-refractivity contribution is 5.78. The van der Waals surface area contributed by atoms with Gasteiger partial charge in [-0.15, -0.1) is 0 Å². The van der Waals surface area contributed by atoms with Crippen LogP contribution in [-0.4, -0.2) is 18.7 Å². The molecule has 7 heteroatoms. The minimum atomic E-state index is -4.22. The van der Waals surface area contributed by atoms with Crippen LogP contribution in [0.3, 0.4) is 0 Å². The van der Waals surface area contributed by atoms with E-state index in [9.17, 15) is 18.0 Å². The number of hydrazine groups is 1. The van der Waals surface area contributed by atoms with Crippen molar-refractivity contribution in [2.75, 3.05) is 6.61 Å². The fraction of sp³-hybridized carbons (Fsp3) is 0.417. The van der Waals surface area contributed by atoms with Gasteiger partial charge >= 0.3 is 6.18 Å². The van der Waals surface area contributed by atoms with Gasteiger partial charge in [0.1, 0.15) is 0 Å². The number of benzene rings is 1. The molecular weight excluding hydrogens is 261 g/mol. The summed E-state index contributed by atoms with van der Waals surface area (Å²) in [6, 6.07) is 6.87. The highest BCUT2D eigenvalue weighted by Crippen LogP contribution is 2.19. The Morgan fingerprint density at radius 3 is 2.47 bits per heavy atom. The predicted octanol–water partition coefficient (Wildman–Crippen LogP) is 1.69. The fourth-order valence-corrected chi connectivity index (χ4v) is 1.46. The van der Waals surface area contributed by atoms with Crippen LogP contribution in [0.4, 0.5) is 13.2 Å². The van der Waals surface area contributed by atoms with E-state index >= 15 is 0 Å². The molecule has 1 rings (SSSR count). The normalized spacial score (nSPS) is 11.4. The number of hydrogen-bond acceptors (Lipinski definition) is 3. The Bertz CT molecular complexity index is 422. The van der Waals surface area contributed by atoms with E-state index in [-0.39, 0.29) is 18.9 Å². The first-order chi connectivity index (χ1) is 8.92. The highest BCUT2D eigenvalue weighted by atomic mass is 19.4.